The van der Waals surface area contributed by atoms with Gasteiger partial charge in [-0.15, -0.1) is 0 Å². The molecule has 1 saturated heterocycles. The minimum Gasteiger partial charge on any atom is -0.459 e. The molecule has 9 heteroatoms. The van der Waals surface area contributed by atoms with Gasteiger partial charge < -0.3 is 19.5 Å². The molecule has 4 aromatic rings. The molecule has 1 fully saturated rings. The van der Waals surface area contributed by atoms with E-state index >= 15 is 0 Å². The van der Waals surface area contributed by atoms with E-state index in [2.05, 4.69) is 34.4 Å². The van der Waals surface area contributed by atoms with Gasteiger partial charge in [0, 0.05) is 38.9 Å². The summed E-state index contributed by atoms with van der Waals surface area (Å²) >= 11 is 0. The van der Waals surface area contributed by atoms with E-state index in [-0.39, 0.29) is 5.91 Å². The summed E-state index contributed by atoms with van der Waals surface area (Å²) < 4.78 is 6.99. The third kappa shape index (κ3) is 3.70. The van der Waals surface area contributed by atoms with Gasteiger partial charge >= 0.3 is 0 Å². The van der Waals surface area contributed by atoms with Crippen molar-refractivity contribution in [2.45, 2.75) is 6.92 Å². The third-order valence-electron chi connectivity index (χ3n) is 5.44. The summed E-state index contributed by atoms with van der Waals surface area (Å²) in [5, 5.41) is 8.64. The second-order valence-electron chi connectivity index (χ2n) is 7.63. The van der Waals surface area contributed by atoms with E-state index < -0.39 is 0 Å². The molecule has 1 aliphatic heterocycles. The van der Waals surface area contributed by atoms with E-state index in [4.69, 9.17) is 14.4 Å². The Balaban J connectivity index is 1.40. The number of aromatic nitrogens is 4. The second-order valence-corrected chi connectivity index (χ2v) is 7.63. The molecule has 1 aliphatic rings. The molecule has 0 bridgehead atoms. The van der Waals surface area contributed by atoms with Crippen LogP contribution in [0.5, 0.6) is 0 Å². The predicted molar refractivity (Wildman–Crippen MR) is 118 cm³/mol. The van der Waals surface area contributed by atoms with E-state index in [9.17, 15) is 4.79 Å². The number of aryl methyl sites for hydroxylation is 2. The molecule has 0 spiro atoms. The molecule has 158 valence electrons. The molecule has 0 atom stereocenters. The zero-order valence-electron chi connectivity index (χ0n) is 17.4. The van der Waals surface area contributed by atoms with Crippen LogP contribution in [0.1, 0.15) is 16.1 Å². The molecule has 0 unspecified atom stereocenters. The van der Waals surface area contributed by atoms with Crippen LogP contribution in [-0.4, -0.2) is 56.7 Å². The van der Waals surface area contributed by atoms with Crippen molar-refractivity contribution in [3.05, 3.63) is 60.2 Å². The number of carbonyl (C=O) groups excluding carboxylic acids is 1. The highest BCUT2D eigenvalue weighted by Crippen LogP contribution is 2.27. The van der Waals surface area contributed by atoms with Crippen LogP contribution < -0.4 is 10.2 Å². The summed E-state index contributed by atoms with van der Waals surface area (Å²) in [5.41, 5.74) is 2.89. The standard InChI is InChI=1S/C22H23N7O2/c1-15-5-3-6-16(13-15)24-19-17-14-23-27(2)20(17)26-22(25-19)29-10-8-28(9-11-29)21(30)18-7-4-12-31-18/h3-7,12-14H,8-11H2,1-2H3,(H,24,25,26). The Hall–Kier alpha value is -3.88. The zero-order chi connectivity index (χ0) is 21.4. The SMILES string of the molecule is Cc1cccc(Nc2nc(N3CCN(C(=O)c4ccco4)CC3)nc3c2cnn3C)c1. The fourth-order valence-corrected chi connectivity index (χ4v) is 3.77. The Bertz CT molecular complexity index is 1220. The second kappa shape index (κ2) is 7.75. The molecule has 4 heterocycles. The van der Waals surface area contributed by atoms with Crippen LogP contribution in [0, 0.1) is 6.92 Å². The van der Waals surface area contributed by atoms with E-state index in [1.165, 1.54) is 11.8 Å². The number of hydrogen-bond acceptors (Lipinski definition) is 7. The van der Waals surface area contributed by atoms with Gasteiger partial charge in [0.05, 0.1) is 17.8 Å². The summed E-state index contributed by atoms with van der Waals surface area (Å²) in [4.78, 5) is 26.0. The van der Waals surface area contributed by atoms with Gasteiger partial charge in [0.15, 0.2) is 11.4 Å². The number of nitrogens with one attached hydrogen (secondary N) is 1. The van der Waals surface area contributed by atoms with Gasteiger partial charge in [-0.1, -0.05) is 12.1 Å². The van der Waals surface area contributed by atoms with Crippen LogP contribution in [0.3, 0.4) is 0 Å². The quantitative estimate of drug-likeness (QED) is 0.546. The molecule has 1 N–H and O–H groups in total. The molecule has 0 saturated carbocycles. The highest BCUT2D eigenvalue weighted by atomic mass is 16.3. The molecular weight excluding hydrogens is 394 g/mol. The minimum atomic E-state index is -0.0885. The summed E-state index contributed by atoms with van der Waals surface area (Å²) in [6.07, 6.45) is 3.29. The lowest BCUT2D eigenvalue weighted by molar-refractivity contribution is 0.0714. The first-order valence-electron chi connectivity index (χ1n) is 10.2. The maximum absolute atomic E-state index is 12.5. The normalized spacial score (nSPS) is 14.3. The van der Waals surface area contributed by atoms with Crippen LogP contribution in [-0.2, 0) is 7.05 Å². The maximum Gasteiger partial charge on any atom is 0.289 e. The molecule has 1 aromatic carbocycles. The topological polar surface area (TPSA) is 92.3 Å². The Morgan fingerprint density at radius 1 is 1.10 bits per heavy atom. The fourth-order valence-electron chi connectivity index (χ4n) is 3.77. The molecule has 9 nitrogen and oxygen atoms in total. The first-order valence-corrected chi connectivity index (χ1v) is 10.2. The van der Waals surface area contributed by atoms with Crippen molar-refractivity contribution in [2.75, 3.05) is 36.4 Å². The number of furan rings is 1. The molecule has 5 rings (SSSR count). The van der Waals surface area contributed by atoms with Crippen molar-refractivity contribution >= 4 is 34.4 Å². The van der Waals surface area contributed by atoms with Crippen LogP contribution in [0.15, 0.2) is 53.3 Å². The number of amides is 1. The van der Waals surface area contributed by atoms with Gasteiger partial charge in [-0.25, -0.2) is 0 Å². The first kappa shape index (κ1) is 19.1. The highest BCUT2D eigenvalue weighted by molar-refractivity contribution is 5.92. The molecule has 0 radical (unpaired) electrons. The molecule has 1 amide bonds. The van der Waals surface area contributed by atoms with Gasteiger partial charge in [-0.2, -0.15) is 15.1 Å². The van der Waals surface area contributed by atoms with Crippen LogP contribution in [0.4, 0.5) is 17.5 Å². The third-order valence-corrected chi connectivity index (χ3v) is 5.44. The van der Waals surface area contributed by atoms with Crippen molar-refractivity contribution in [2.24, 2.45) is 7.05 Å². The number of piperazine rings is 1. The van der Waals surface area contributed by atoms with Crippen LogP contribution >= 0.6 is 0 Å². The van der Waals surface area contributed by atoms with Crippen molar-refractivity contribution in [3.63, 3.8) is 0 Å². The van der Waals surface area contributed by atoms with Gasteiger partial charge in [-0.3, -0.25) is 9.48 Å². The molecule has 0 aliphatic carbocycles. The number of carbonyl (C=O) groups is 1. The maximum atomic E-state index is 12.5. The van der Waals surface area contributed by atoms with E-state index in [0.717, 1.165) is 16.7 Å². The summed E-state index contributed by atoms with van der Waals surface area (Å²) in [5.74, 6) is 1.62. The molecular formula is C22H23N7O2. The molecule has 31 heavy (non-hydrogen) atoms. The largest absolute Gasteiger partial charge is 0.459 e. The Morgan fingerprint density at radius 3 is 2.68 bits per heavy atom. The van der Waals surface area contributed by atoms with E-state index in [1.807, 2.05) is 19.2 Å². The van der Waals surface area contributed by atoms with Crippen LogP contribution in [0.25, 0.3) is 11.0 Å². The number of nitrogens with zero attached hydrogens (tertiary/aromatic N) is 6. The summed E-state index contributed by atoms with van der Waals surface area (Å²) in [7, 11) is 1.87. The smallest absolute Gasteiger partial charge is 0.289 e. The lowest BCUT2D eigenvalue weighted by Gasteiger charge is -2.34. The van der Waals surface area contributed by atoms with E-state index in [0.29, 0.717) is 43.7 Å². The number of benzene rings is 1. The number of fused-ring (bicyclic) bond motifs is 1. The van der Waals surface area contributed by atoms with Crippen LogP contribution in [0.2, 0.25) is 0 Å². The molecule has 3 aromatic heterocycles. The number of anilines is 3. The lowest BCUT2D eigenvalue weighted by Crippen LogP contribution is -2.49. The van der Waals surface area contributed by atoms with Gasteiger partial charge in [-0.05, 0) is 36.8 Å². The lowest BCUT2D eigenvalue weighted by atomic mass is 10.2. The monoisotopic (exact) mass is 417 g/mol. The minimum absolute atomic E-state index is 0.0885. The van der Waals surface area contributed by atoms with E-state index in [1.54, 1.807) is 27.9 Å². The van der Waals surface area contributed by atoms with Crippen molar-refractivity contribution in [1.29, 1.82) is 0 Å². The van der Waals surface area contributed by atoms with Gasteiger partial charge in [0.2, 0.25) is 5.95 Å². The average molecular weight is 417 g/mol. The first-order chi connectivity index (χ1) is 15.1. The fraction of sp³-hybridized carbons (Fsp3) is 0.273. The van der Waals surface area contributed by atoms with Gasteiger partial charge in [0.25, 0.3) is 5.91 Å². The average Bonchev–Trinajstić information content (AvgIpc) is 3.44. The highest BCUT2D eigenvalue weighted by Gasteiger charge is 2.26. The van der Waals surface area contributed by atoms with Crippen molar-refractivity contribution in [3.8, 4) is 0 Å². The number of rotatable bonds is 4. The number of hydrogen-bond donors (Lipinski definition) is 1. The summed E-state index contributed by atoms with van der Waals surface area (Å²) in [6.45, 7) is 4.49. The zero-order valence-corrected chi connectivity index (χ0v) is 17.4. The van der Waals surface area contributed by atoms with Gasteiger partial charge in [0.1, 0.15) is 5.82 Å². The summed E-state index contributed by atoms with van der Waals surface area (Å²) in [6, 6.07) is 11.6. The Kier molecular flexibility index (Phi) is 4.78. The van der Waals surface area contributed by atoms with Crippen molar-refractivity contribution in [1.82, 2.24) is 24.6 Å². The van der Waals surface area contributed by atoms with Crippen molar-refractivity contribution < 1.29 is 9.21 Å². The Morgan fingerprint density at radius 2 is 1.94 bits per heavy atom. The predicted octanol–water partition coefficient (Wildman–Crippen LogP) is 2.97. The Labute approximate surface area is 179 Å².